The predicted molar refractivity (Wildman–Crippen MR) is 94.8 cm³/mol. The van der Waals surface area contributed by atoms with Crippen LogP contribution < -0.4 is 10.6 Å². The van der Waals surface area contributed by atoms with Crippen molar-refractivity contribution in [3.05, 3.63) is 64.4 Å². The molecule has 1 aliphatic carbocycles. The molecule has 1 unspecified atom stereocenters. The molecule has 130 valence electrons. The summed E-state index contributed by atoms with van der Waals surface area (Å²) in [5, 5.41) is 5.81. The van der Waals surface area contributed by atoms with Crippen LogP contribution in [-0.2, 0) is 9.59 Å². The molecule has 4 nitrogen and oxygen atoms in total. The molecule has 3 rings (SSSR count). The number of nitrogens with one attached hydrogen (secondary N) is 2. The number of carbonyl (C=O) groups is 2. The van der Waals surface area contributed by atoms with Crippen molar-refractivity contribution in [3.8, 4) is 0 Å². The van der Waals surface area contributed by atoms with E-state index < -0.39 is 17.6 Å². The average Bonchev–Trinajstić information content (AvgIpc) is 3.41. The Morgan fingerprint density at radius 3 is 2.40 bits per heavy atom. The van der Waals surface area contributed by atoms with Gasteiger partial charge in [0.2, 0.25) is 0 Å². The first-order chi connectivity index (χ1) is 11.9. The molecule has 0 heterocycles. The number of benzene rings is 2. The van der Waals surface area contributed by atoms with Gasteiger partial charge in [-0.05, 0) is 61.1 Å². The molecule has 0 aromatic heterocycles. The second kappa shape index (κ2) is 7.23. The SMILES string of the molecule is Cc1ccc(NC(=O)C(=O)NC(c2ccc(Cl)cc2)C2CC2)cc1F. The number of anilines is 1. The van der Waals surface area contributed by atoms with E-state index in [9.17, 15) is 14.0 Å². The molecular weight excluding hydrogens is 343 g/mol. The lowest BCUT2D eigenvalue weighted by atomic mass is 10.0. The van der Waals surface area contributed by atoms with Crippen molar-refractivity contribution >= 4 is 29.1 Å². The molecule has 0 saturated heterocycles. The Morgan fingerprint density at radius 2 is 1.80 bits per heavy atom. The van der Waals surface area contributed by atoms with Gasteiger partial charge in [-0.15, -0.1) is 0 Å². The maximum absolute atomic E-state index is 13.5. The molecule has 2 amide bonds. The zero-order valence-corrected chi connectivity index (χ0v) is 14.4. The largest absolute Gasteiger partial charge is 0.341 e. The first-order valence-corrected chi connectivity index (χ1v) is 8.45. The number of amides is 2. The topological polar surface area (TPSA) is 58.2 Å². The van der Waals surface area contributed by atoms with Gasteiger partial charge in [-0.25, -0.2) is 4.39 Å². The van der Waals surface area contributed by atoms with Crippen LogP contribution in [0.5, 0.6) is 0 Å². The van der Waals surface area contributed by atoms with Crippen LogP contribution in [0, 0.1) is 18.7 Å². The minimum atomic E-state index is -0.817. The molecular formula is C19H18ClFN2O2. The van der Waals surface area contributed by atoms with Crippen molar-refractivity contribution in [2.24, 2.45) is 5.92 Å². The van der Waals surface area contributed by atoms with Crippen LogP contribution in [0.25, 0.3) is 0 Å². The van der Waals surface area contributed by atoms with E-state index in [0.29, 0.717) is 16.5 Å². The Balaban J connectivity index is 1.67. The minimum absolute atomic E-state index is 0.231. The quantitative estimate of drug-likeness (QED) is 0.810. The van der Waals surface area contributed by atoms with Gasteiger partial charge >= 0.3 is 11.8 Å². The van der Waals surface area contributed by atoms with Crippen molar-refractivity contribution in [2.75, 3.05) is 5.32 Å². The maximum atomic E-state index is 13.5. The Labute approximate surface area is 150 Å². The Kier molecular flexibility index (Phi) is 5.04. The molecule has 25 heavy (non-hydrogen) atoms. The van der Waals surface area contributed by atoms with Crippen molar-refractivity contribution in [1.29, 1.82) is 0 Å². The van der Waals surface area contributed by atoms with Gasteiger partial charge in [0.25, 0.3) is 0 Å². The van der Waals surface area contributed by atoms with Gasteiger partial charge in [-0.3, -0.25) is 9.59 Å². The minimum Gasteiger partial charge on any atom is -0.341 e. The molecule has 1 aliphatic rings. The van der Waals surface area contributed by atoms with Crippen LogP contribution in [0.15, 0.2) is 42.5 Å². The summed E-state index contributed by atoms with van der Waals surface area (Å²) in [6, 6.07) is 11.3. The average molecular weight is 361 g/mol. The number of rotatable bonds is 4. The molecule has 1 atom stereocenters. The second-order valence-electron chi connectivity index (χ2n) is 6.26. The summed E-state index contributed by atoms with van der Waals surface area (Å²) in [5.41, 5.74) is 1.63. The zero-order valence-electron chi connectivity index (χ0n) is 13.7. The fourth-order valence-electron chi connectivity index (χ4n) is 2.64. The van der Waals surface area contributed by atoms with Crippen LogP contribution >= 0.6 is 11.6 Å². The molecule has 0 spiro atoms. The lowest BCUT2D eigenvalue weighted by Gasteiger charge is -2.18. The van der Waals surface area contributed by atoms with Gasteiger partial charge in [0.05, 0.1) is 6.04 Å². The van der Waals surface area contributed by atoms with E-state index in [1.165, 1.54) is 6.07 Å². The van der Waals surface area contributed by atoms with Crippen LogP contribution in [-0.4, -0.2) is 11.8 Å². The summed E-state index contributed by atoms with van der Waals surface area (Å²) < 4.78 is 13.5. The predicted octanol–water partition coefficient (Wildman–Crippen LogP) is 3.99. The highest BCUT2D eigenvalue weighted by Crippen LogP contribution is 2.41. The van der Waals surface area contributed by atoms with E-state index in [0.717, 1.165) is 18.4 Å². The summed E-state index contributed by atoms with van der Waals surface area (Å²) in [6.07, 6.45) is 2.00. The fourth-order valence-corrected chi connectivity index (χ4v) is 2.76. The molecule has 1 saturated carbocycles. The molecule has 1 fully saturated rings. The first-order valence-electron chi connectivity index (χ1n) is 8.07. The van der Waals surface area contributed by atoms with Crippen molar-refractivity contribution in [3.63, 3.8) is 0 Å². The maximum Gasteiger partial charge on any atom is 0.313 e. The highest BCUT2D eigenvalue weighted by molar-refractivity contribution is 6.39. The Morgan fingerprint density at radius 1 is 1.12 bits per heavy atom. The van der Waals surface area contributed by atoms with Crippen molar-refractivity contribution in [1.82, 2.24) is 5.32 Å². The smallest absolute Gasteiger partial charge is 0.313 e. The molecule has 2 aromatic carbocycles. The molecule has 6 heteroatoms. The van der Waals surface area contributed by atoms with Gasteiger partial charge in [0.1, 0.15) is 5.82 Å². The first kappa shape index (κ1) is 17.4. The third-order valence-electron chi connectivity index (χ3n) is 4.25. The number of hydrogen-bond donors (Lipinski definition) is 2. The van der Waals surface area contributed by atoms with Crippen LogP contribution in [0.1, 0.15) is 30.0 Å². The van der Waals surface area contributed by atoms with Gasteiger partial charge in [0, 0.05) is 10.7 Å². The lowest BCUT2D eigenvalue weighted by molar-refractivity contribution is -0.136. The third-order valence-corrected chi connectivity index (χ3v) is 4.50. The van der Waals surface area contributed by atoms with Crippen molar-refractivity contribution < 1.29 is 14.0 Å². The van der Waals surface area contributed by atoms with Gasteiger partial charge in [-0.2, -0.15) is 0 Å². The summed E-state index contributed by atoms with van der Waals surface area (Å²) in [5.74, 6) is -1.68. The Bertz CT molecular complexity index is 804. The van der Waals surface area contributed by atoms with Crippen LogP contribution in [0.2, 0.25) is 5.02 Å². The summed E-state index contributed by atoms with van der Waals surface area (Å²) in [6.45, 7) is 1.62. The lowest BCUT2D eigenvalue weighted by Crippen LogP contribution is -2.38. The normalized spacial score (nSPS) is 14.7. The van der Waals surface area contributed by atoms with E-state index in [2.05, 4.69) is 10.6 Å². The molecule has 0 bridgehead atoms. The Hall–Kier alpha value is -2.40. The van der Waals surface area contributed by atoms with Crippen LogP contribution in [0.4, 0.5) is 10.1 Å². The standard InChI is InChI=1S/C19H18ClFN2O2/c1-11-2-9-15(10-16(11)21)22-18(24)19(25)23-17(12-3-4-12)13-5-7-14(20)8-6-13/h2,5-10,12,17H,3-4H2,1H3,(H,22,24)(H,23,25). The van der Waals surface area contributed by atoms with E-state index in [-0.39, 0.29) is 11.7 Å². The van der Waals surface area contributed by atoms with Gasteiger partial charge < -0.3 is 10.6 Å². The number of carbonyl (C=O) groups excluding carboxylic acids is 2. The van der Waals surface area contributed by atoms with Crippen LogP contribution in [0.3, 0.4) is 0 Å². The molecule has 0 radical (unpaired) electrons. The monoisotopic (exact) mass is 360 g/mol. The molecule has 0 aliphatic heterocycles. The second-order valence-corrected chi connectivity index (χ2v) is 6.69. The van der Waals surface area contributed by atoms with Gasteiger partial charge in [0.15, 0.2) is 0 Å². The highest BCUT2D eigenvalue weighted by Gasteiger charge is 2.34. The van der Waals surface area contributed by atoms with E-state index in [1.807, 2.05) is 12.1 Å². The molecule has 2 aromatic rings. The van der Waals surface area contributed by atoms with E-state index in [4.69, 9.17) is 11.6 Å². The summed E-state index contributed by atoms with van der Waals surface area (Å²) in [4.78, 5) is 24.3. The third kappa shape index (κ3) is 4.37. The zero-order chi connectivity index (χ0) is 18.0. The summed E-state index contributed by atoms with van der Waals surface area (Å²) >= 11 is 5.90. The highest BCUT2D eigenvalue weighted by atomic mass is 35.5. The number of halogens is 2. The van der Waals surface area contributed by atoms with E-state index in [1.54, 1.807) is 31.2 Å². The number of hydrogen-bond acceptors (Lipinski definition) is 2. The van der Waals surface area contributed by atoms with Crippen molar-refractivity contribution in [2.45, 2.75) is 25.8 Å². The van der Waals surface area contributed by atoms with Gasteiger partial charge in [-0.1, -0.05) is 29.8 Å². The number of aryl methyl sites for hydroxylation is 1. The van der Waals surface area contributed by atoms with E-state index >= 15 is 0 Å². The fraction of sp³-hybridized carbons (Fsp3) is 0.263. The molecule has 2 N–H and O–H groups in total. The summed E-state index contributed by atoms with van der Waals surface area (Å²) in [7, 11) is 0.